The van der Waals surface area contributed by atoms with Crippen molar-refractivity contribution in [3.05, 3.63) is 54.1 Å². The van der Waals surface area contributed by atoms with E-state index in [4.69, 9.17) is 5.11 Å². The number of nitrogens with zero attached hydrogens (tertiary/aromatic N) is 2. The van der Waals surface area contributed by atoms with E-state index in [-0.39, 0.29) is 6.61 Å². The zero-order valence-electron chi connectivity index (χ0n) is 9.80. The zero-order valence-corrected chi connectivity index (χ0v) is 9.80. The first kappa shape index (κ1) is 12.5. The van der Waals surface area contributed by atoms with Gasteiger partial charge in [-0.2, -0.15) is 0 Å². The average molecular weight is 218 g/mol. The summed E-state index contributed by atoms with van der Waals surface area (Å²) in [5.74, 6) is 0. The Kier molecular flexibility index (Phi) is 5.29. The smallest absolute Gasteiger partial charge is 0.0949 e. The van der Waals surface area contributed by atoms with Gasteiger partial charge in [-0.05, 0) is 11.1 Å². The molecule has 0 fully saturated rings. The summed E-state index contributed by atoms with van der Waals surface area (Å²) in [5, 5.41) is 8.87. The maximum Gasteiger partial charge on any atom is 0.0949 e. The Bertz CT molecular complexity index is 379. The summed E-state index contributed by atoms with van der Waals surface area (Å²) >= 11 is 0. The molecule has 0 aliphatic carbocycles. The van der Waals surface area contributed by atoms with Gasteiger partial charge in [0.2, 0.25) is 0 Å². The lowest BCUT2D eigenvalue weighted by atomic mass is 10.1. The van der Waals surface area contributed by atoms with Crippen molar-refractivity contribution < 1.29 is 5.11 Å². The number of hydrogen-bond acceptors (Lipinski definition) is 2. The number of aliphatic hydroxyl groups excluding tert-OH is 1. The van der Waals surface area contributed by atoms with Gasteiger partial charge < -0.3 is 9.67 Å². The molecule has 3 heteroatoms. The van der Waals surface area contributed by atoms with Crippen molar-refractivity contribution in [2.45, 2.75) is 27.0 Å². The summed E-state index contributed by atoms with van der Waals surface area (Å²) in [7, 11) is 0. The highest BCUT2D eigenvalue weighted by Gasteiger charge is 1.94. The molecule has 1 aromatic carbocycles. The third-order valence-corrected chi connectivity index (χ3v) is 2.13. The van der Waals surface area contributed by atoms with E-state index in [1.165, 1.54) is 5.56 Å². The second-order valence-electron chi connectivity index (χ2n) is 3.21. The molecule has 2 aromatic rings. The third kappa shape index (κ3) is 3.51. The molecule has 0 amide bonds. The van der Waals surface area contributed by atoms with Crippen LogP contribution in [0.15, 0.2) is 43.0 Å². The van der Waals surface area contributed by atoms with E-state index in [0.717, 1.165) is 12.1 Å². The van der Waals surface area contributed by atoms with Gasteiger partial charge in [0.15, 0.2) is 0 Å². The summed E-state index contributed by atoms with van der Waals surface area (Å²) < 4.78 is 2.01. The van der Waals surface area contributed by atoms with Crippen LogP contribution in [0.25, 0.3) is 0 Å². The van der Waals surface area contributed by atoms with E-state index in [1.807, 2.05) is 48.9 Å². The lowest BCUT2D eigenvalue weighted by Gasteiger charge is -2.03. The Balaban J connectivity index is 0.000000606. The third-order valence-electron chi connectivity index (χ3n) is 2.13. The number of rotatable bonds is 3. The van der Waals surface area contributed by atoms with Gasteiger partial charge in [-0.25, -0.2) is 4.98 Å². The second-order valence-corrected chi connectivity index (χ2v) is 3.21. The van der Waals surface area contributed by atoms with Gasteiger partial charge in [-0.3, -0.25) is 0 Å². The van der Waals surface area contributed by atoms with Crippen LogP contribution in [0.5, 0.6) is 0 Å². The minimum atomic E-state index is 0.103. The molecule has 86 valence electrons. The van der Waals surface area contributed by atoms with Gasteiger partial charge in [-0.1, -0.05) is 38.1 Å². The Labute approximate surface area is 96.4 Å². The fourth-order valence-corrected chi connectivity index (χ4v) is 1.34. The molecule has 1 N–H and O–H groups in total. The van der Waals surface area contributed by atoms with Crippen LogP contribution in [0.1, 0.15) is 25.0 Å². The van der Waals surface area contributed by atoms with Crippen LogP contribution in [0.4, 0.5) is 0 Å². The molecule has 0 atom stereocenters. The topological polar surface area (TPSA) is 38.0 Å². The molecule has 0 radical (unpaired) electrons. The molecule has 0 saturated heterocycles. The predicted molar refractivity (Wildman–Crippen MR) is 65.0 cm³/mol. The standard InChI is InChI=1S/C11H12N2O.C2H6/c14-8-11-3-1-10(2-4-11)7-13-6-5-12-9-13;1-2/h1-6,9,14H,7-8H2;1-2H3. The van der Waals surface area contributed by atoms with Crippen molar-refractivity contribution in [1.82, 2.24) is 9.55 Å². The largest absolute Gasteiger partial charge is 0.392 e. The molecule has 0 aliphatic heterocycles. The summed E-state index contributed by atoms with van der Waals surface area (Å²) in [6.07, 6.45) is 5.49. The van der Waals surface area contributed by atoms with Crippen molar-refractivity contribution in [3.63, 3.8) is 0 Å². The normalized spacial score (nSPS) is 9.44. The molecule has 0 saturated carbocycles. The molecule has 0 bridgehead atoms. The number of aromatic nitrogens is 2. The van der Waals surface area contributed by atoms with Gasteiger partial charge in [0.25, 0.3) is 0 Å². The molecular formula is C13H18N2O. The molecule has 1 heterocycles. The van der Waals surface area contributed by atoms with Crippen LogP contribution < -0.4 is 0 Å². The van der Waals surface area contributed by atoms with Gasteiger partial charge in [0, 0.05) is 18.9 Å². The summed E-state index contributed by atoms with van der Waals surface area (Å²) in [6, 6.07) is 7.91. The number of imidazole rings is 1. The van der Waals surface area contributed by atoms with Gasteiger partial charge in [0.05, 0.1) is 12.9 Å². The first-order valence-electron chi connectivity index (χ1n) is 5.53. The van der Waals surface area contributed by atoms with Crippen LogP contribution in [0.2, 0.25) is 0 Å². The van der Waals surface area contributed by atoms with Crippen LogP contribution in [0, 0.1) is 0 Å². The van der Waals surface area contributed by atoms with Crippen molar-refractivity contribution in [3.8, 4) is 0 Å². The Morgan fingerprint density at radius 1 is 1.12 bits per heavy atom. The highest BCUT2D eigenvalue weighted by atomic mass is 16.3. The minimum Gasteiger partial charge on any atom is -0.392 e. The van der Waals surface area contributed by atoms with Crippen molar-refractivity contribution in [1.29, 1.82) is 0 Å². The summed E-state index contributed by atoms with van der Waals surface area (Å²) in [4.78, 5) is 3.98. The van der Waals surface area contributed by atoms with Crippen molar-refractivity contribution >= 4 is 0 Å². The highest BCUT2D eigenvalue weighted by molar-refractivity contribution is 5.22. The molecule has 0 spiro atoms. The van der Waals surface area contributed by atoms with E-state index in [1.54, 1.807) is 12.5 Å². The Morgan fingerprint density at radius 3 is 2.25 bits per heavy atom. The van der Waals surface area contributed by atoms with Crippen LogP contribution in [-0.4, -0.2) is 14.7 Å². The molecule has 16 heavy (non-hydrogen) atoms. The predicted octanol–water partition coefficient (Wildman–Crippen LogP) is 2.45. The van der Waals surface area contributed by atoms with Crippen LogP contribution >= 0.6 is 0 Å². The fraction of sp³-hybridized carbons (Fsp3) is 0.308. The molecule has 1 aromatic heterocycles. The van der Waals surface area contributed by atoms with Crippen molar-refractivity contribution in [2.75, 3.05) is 0 Å². The quantitative estimate of drug-likeness (QED) is 0.859. The first-order chi connectivity index (χ1) is 7.88. The van der Waals surface area contributed by atoms with Gasteiger partial charge >= 0.3 is 0 Å². The fourth-order valence-electron chi connectivity index (χ4n) is 1.34. The Morgan fingerprint density at radius 2 is 1.75 bits per heavy atom. The lowest BCUT2D eigenvalue weighted by Crippen LogP contribution is -1.96. The molecule has 2 rings (SSSR count). The number of benzene rings is 1. The SMILES string of the molecule is CC.OCc1ccc(Cn2ccnc2)cc1. The summed E-state index contributed by atoms with van der Waals surface area (Å²) in [6.45, 7) is 4.93. The Hall–Kier alpha value is -1.61. The minimum absolute atomic E-state index is 0.103. The maximum absolute atomic E-state index is 8.87. The number of aliphatic hydroxyl groups is 1. The number of hydrogen-bond donors (Lipinski definition) is 1. The first-order valence-corrected chi connectivity index (χ1v) is 5.53. The monoisotopic (exact) mass is 218 g/mol. The molecule has 0 unspecified atom stereocenters. The average Bonchev–Trinajstić information content (AvgIpc) is 2.86. The van der Waals surface area contributed by atoms with Crippen LogP contribution in [0.3, 0.4) is 0 Å². The second kappa shape index (κ2) is 6.80. The van der Waals surface area contributed by atoms with E-state index in [0.29, 0.717) is 0 Å². The zero-order chi connectivity index (χ0) is 11.8. The molecular weight excluding hydrogens is 200 g/mol. The molecule has 0 aliphatic rings. The van der Waals surface area contributed by atoms with E-state index < -0.39 is 0 Å². The lowest BCUT2D eigenvalue weighted by molar-refractivity contribution is 0.282. The van der Waals surface area contributed by atoms with E-state index in [9.17, 15) is 0 Å². The van der Waals surface area contributed by atoms with Gasteiger partial charge in [-0.15, -0.1) is 0 Å². The van der Waals surface area contributed by atoms with Crippen LogP contribution in [-0.2, 0) is 13.2 Å². The maximum atomic E-state index is 8.87. The highest BCUT2D eigenvalue weighted by Crippen LogP contribution is 2.05. The van der Waals surface area contributed by atoms with Gasteiger partial charge in [0.1, 0.15) is 0 Å². The van der Waals surface area contributed by atoms with E-state index >= 15 is 0 Å². The van der Waals surface area contributed by atoms with Crippen molar-refractivity contribution in [2.24, 2.45) is 0 Å². The van der Waals surface area contributed by atoms with E-state index in [2.05, 4.69) is 4.98 Å². The summed E-state index contributed by atoms with van der Waals surface area (Å²) in [5.41, 5.74) is 2.15. The molecule has 3 nitrogen and oxygen atoms in total.